The highest BCUT2D eigenvalue weighted by atomic mass is 16.5. The topological polar surface area (TPSA) is 84.7 Å². The zero-order chi connectivity index (χ0) is 15.4. The molecule has 1 aromatic rings. The summed E-state index contributed by atoms with van der Waals surface area (Å²) < 4.78 is 5.32. The Morgan fingerprint density at radius 1 is 1.43 bits per heavy atom. The van der Waals surface area contributed by atoms with E-state index in [1.54, 1.807) is 37.1 Å². The van der Waals surface area contributed by atoms with Gasteiger partial charge in [-0.1, -0.05) is 0 Å². The number of anilines is 2. The van der Waals surface area contributed by atoms with Gasteiger partial charge in [-0.3, -0.25) is 9.59 Å². The first-order chi connectivity index (χ1) is 10.0. The van der Waals surface area contributed by atoms with Gasteiger partial charge in [0.25, 0.3) is 0 Å². The fourth-order valence-electron chi connectivity index (χ4n) is 2.30. The standard InChI is InChI=1S/C15H21N3O3/c1-10(16)15(20)17-11-6-7-13(21-2)12(9-11)18-8-4-3-5-14(18)19/h6-7,9-10H,3-5,8,16H2,1-2H3,(H,17,20)/t10-/m1/s1. The number of hydrogen-bond acceptors (Lipinski definition) is 4. The Morgan fingerprint density at radius 2 is 2.19 bits per heavy atom. The van der Waals surface area contributed by atoms with E-state index in [1.807, 2.05) is 0 Å². The van der Waals surface area contributed by atoms with E-state index in [0.29, 0.717) is 30.1 Å². The second-order valence-corrected chi connectivity index (χ2v) is 5.17. The number of rotatable bonds is 4. The van der Waals surface area contributed by atoms with E-state index in [-0.39, 0.29) is 11.8 Å². The third-order valence-electron chi connectivity index (χ3n) is 3.47. The van der Waals surface area contributed by atoms with Crippen molar-refractivity contribution in [1.29, 1.82) is 0 Å². The van der Waals surface area contributed by atoms with Crippen LogP contribution in [0, 0.1) is 0 Å². The number of carbonyl (C=O) groups is 2. The summed E-state index contributed by atoms with van der Waals surface area (Å²) in [5.74, 6) is 0.426. The maximum Gasteiger partial charge on any atom is 0.240 e. The van der Waals surface area contributed by atoms with Crippen molar-refractivity contribution in [2.45, 2.75) is 32.2 Å². The van der Waals surface area contributed by atoms with Crippen molar-refractivity contribution < 1.29 is 14.3 Å². The molecule has 1 atom stereocenters. The van der Waals surface area contributed by atoms with E-state index >= 15 is 0 Å². The SMILES string of the molecule is COc1ccc(NC(=O)[C@@H](C)N)cc1N1CCCCC1=O. The molecule has 1 aliphatic heterocycles. The van der Waals surface area contributed by atoms with Crippen molar-refractivity contribution in [3.05, 3.63) is 18.2 Å². The molecule has 1 aliphatic rings. The second kappa shape index (κ2) is 6.58. The molecule has 0 aliphatic carbocycles. The molecular formula is C15H21N3O3. The highest BCUT2D eigenvalue weighted by Crippen LogP contribution is 2.33. The Balaban J connectivity index is 2.29. The molecule has 6 nitrogen and oxygen atoms in total. The quantitative estimate of drug-likeness (QED) is 0.880. The lowest BCUT2D eigenvalue weighted by atomic mass is 10.1. The molecule has 1 fully saturated rings. The fourth-order valence-corrected chi connectivity index (χ4v) is 2.30. The van der Waals surface area contributed by atoms with E-state index in [1.165, 1.54) is 0 Å². The Morgan fingerprint density at radius 3 is 2.81 bits per heavy atom. The molecule has 6 heteroatoms. The zero-order valence-electron chi connectivity index (χ0n) is 12.4. The number of ether oxygens (including phenoxy) is 1. The van der Waals surface area contributed by atoms with E-state index in [0.717, 1.165) is 12.8 Å². The Labute approximate surface area is 124 Å². The number of methoxy groups -OCH3 is 1. The summed E-state index contributed by atoms with van der Waals surface area (Å²) in [6.45, 7) is 2.29. The Kier molecular flexibility index (Phi) is 4.80. The van der Waals surface area contributed by atoms with Crippen molar-refractivity contribution in [3.8, 4) is 5.75 Å². The minimum absolute atomic E-state index is 0.0789. The molecule has 2 amide bonds. The largest absolute Gasteiger partial charge is 0.495 e. The summed E-state index contributed by atoms with van der Waals surface area (Å²) in [6, 6.07) is 4.64. The molecule has 1 saturated heterocycles. The molecule has 3 N–H and O–H groups in total. The predicted molar refractivity (Wildman–Crippen MR) is 81.5 cm³/mol. The first-order valence-electron chi connectivity index (χ1n) is 7.08. The van der Waals surface area contributed by atoms with Crippen LogP contribution in [0.1, 0.15) is 26.2 Å². The van der Waals surface area contributed by atoms with Crippen LogP contribution >= 0.6 is 0 Å². The third-order valence-corrected chi connectivity index (χ3v) is 3.47. The molecule has 0 spiro atoms. The lowest BCUT2D eigenvalue weighted by Gasteiger charge is -2.28. The normalized spacial score (nSPS) is 16.5. The number of nitrogens with two attached hydrogens (primary N) is 1. The maximum absolute atomic E-state index is 12.1. The van der Waals surface area contributed by atoms with Crippen LogP contribution in [0.5, 0.6) is 5.75 Å². The summed E-state index contributed by atoms with van der Waals surface area (Å²) in [5.41, 5.74) is 6.83. The molecule has 0 saturated carbocycles. The van der Waals surface area contributed by atoms with Crippen molar-refractivity contribution in [2.75, 3.05) is 23.9 Å². The van der Waals surface area contributed by atoms with Gasteiger partial charge in [0.15, 0.2) is 0 Å². The van der Waals surface area contributed by atoms with Crippen molar-refractivity contribution >= 4 is 23.2 Å². The van der Waals surface area contributed by atoms with Gasteiger partial charge >= 0.3 is 0 Å². The molecule has 114 valence electrons. The molecule has 2 rings (SSSR count). The maximum atomic E-state index is 12.1. The summed E-state index contributed by atoms with van der Waals surface area (Å²) >= 11 is 0. The van der Waals surface area contributed by atoms with Crippen molar-refractivity contribution in [1.82, 2.24) is 0 Å². The summed E-state index contributed by atoms with van der Waals surface area (Å²) in [6.07, 6.45) is 2.42. The highest BCUT2D eigenvalue weighted by Gasteiger charge is 2.23. The van der Waals surface area contributed by atoms with Gasteiger partial charge in [0.2, 0.25) is 11.8 Å². The fraction of sp³-hybridized carbons (Fsp3) is 0.467. The van der Waals surface area contributed by atoms with Crippen molar-refractivity contribution in [3.63, 3.8) is 0 Å². The van der Waals surface area contributed by atoms with Gasteiger partial charge < -0.3 is 20.7 Å². The van der Waals surface area contributed by atoms with Gasteiger partial charge in [-0.05, 0) is 38.0 Å². The number of amides is 2. The van der Waals surface area contributed by atoms with Crippen LogP contribution in [-0.4, -0.2) is 31.5 Å². The molecular weight excluding hydrogens is 270 g/mol. The van der Waals surface area contributed by atoms with E-state index in [2.05, 4.69) is 5.32 Å². The van der Waals surface area contributed by atoms with Gasteiger partial charge in [-0.25, -0.2) is 0 Å². The number of hydrogen-bond donors (Lipinski definition) is 2. The Bertz CT molecular complexity index is 543. The number of piperidine rings is 1. The van der Waals surface area contributed by atoms with E-state index in [9.17, 15) is 9.59 Å². The molecule has 1 heterocycles. The molecule has 0 aromatic heterocycles. The van der Waals surface area contributed by atoms with Gasteiger partial charge in [-0.2, -0.15) is 0 Å². The van der Waals surface area contributed by atoms with E-state index in [4.69, 9.17) is 10.5 Å². The van der Waals surface area contributed by atoms with Gasteiger partial charge in [0, 0.05) is 18.7 Å². The van der Waals surface area contributed by atoms with Crippen LogP contribution in [0.3, 0.4) is 0 Å². The van der Waals surface area contributed by atoms with Crippen LogP contribution in [-0.2, 0) is 9.59 Å². The monoisotopic (exact) mass is 291 g/mol. The van der Waals surface area contributed by atoms with E-state index < -0.39 is 6.04 Å². The van der Waals surface area contributed by atoms with Gasteiger partial charge in [0.1, 0.15) is 5.75 Å². The summed E-state index contributed by atoms with van der Waals surface area (Å²) in [7, 11) is 1.56. The molecule has 1 aromatic carbocycles. The molecule has 0 unspecified atom stereocenters. The van der Waals surface area contributed by atoms with Crippen LogP contribution in [0.25, 0.3) is 0 Å². The van der Waals surface area contributed by atoms with Crippen LogP contribution in [0.4, 0.5) is 11.4 Å². The van der Waals surface area contributed by atoms with Gasteiger partial charge in [-0.15, -0.1) is 0 Å². The lowest BCUT2D eigenvalue weighted by Crippen LogP contribution is -2.35. The number of nitrogens with one attached hydrogen (secondary N) is 1. The minimum Gasteiger partial charge on any atom is -0.495 e. The smallest absolute Gasteiger partial charge is 0.240 e. The average molecular weight is 291 g/mol. The third kappa shape index (κ3) is 3.52. The van der Waals surface area contributed by atoms with Crippen molar-refractivity contribution in [2.24, 2.45) is 5.73 Å². The van der Waals surface area contributed by atoms with Crippen LogP contribution in [0.15, 0.2) is 18.2 Å². The molecule has 21 heavy (non-hydrogen) atoms. The lowest BCUT2D eigenvalue weighted by molar-refractivity contribution is -0.119. The Hall–Kier alpha value is -2.08. The van der Waals surface area contributed by atoms with Crippen LogP contribution < -0.4 is 20.7 Å². The number of carbonyl (C=O) groups excluding carboxylic acids is 2. The average Bonchev–Trinajstić information content (AvgIpc) is 2.47. The number of nitrogens with zero attached hydrogens (tertiary/aromatic N) is 1. The predicted octanol–water partition coefficient (Wildman–Crippen LogP) is 1.50. The first-order valence-corrected chi connectivity index (χ1v) is 7.08. The minimum atomic E-state index is -0.591. The zero-order valence-corrected chi connectivity index (χ0v) is 12.4. The molecule has 0 bridgehead atoms. The highest BCUT2D eigenvalue weighted by molar-refractivity contribution is 5.98. The van der Waals surface area contributed by atoms with Crippen LogP contribution in [0.2, 0.25) is 0 Å². The number of benzene rings is 1. The second-order valence-electron chi connectivity index (χ2n) is 5.17. The molecule has 0 radical (unpaired) electrons. The summed E-state index contributed by atoms with van der Waals surface area (Å²) in [4.78, 5) is 25.5. The first kappa shape index (κ1) is 15.3. The summed E-state index contributed by atoms with van der Waals surface area (Å²) in [5, 5.41) is 2.73. The van der Waals surface area contributed by atoms with Gasteiger partial charge in [0.05, 0.1) is 18.8 Å².